The first-order valence-electron chi connectivity index (χ1n) is 20.8. The van der Waals surface area contributed by atoms with E-state index in [1.54, 1.807) is 0 Å². The molecule has 0 spiro atoms. The van der Waals surface area contributed by atoms with E-state index in [1.807, 2.05) is 0 Å². The highest BCUT2D eigenvalue weighted by Gasteiger charge is 2.23. The van der Waals surface area contributed by atoms with Gasteiger partial charge in [0.25, 0.3) is 0 Å². The summed E-state index contributed by atoms with van der Waals surface area (Å²) >= 11 is 0. The molecule has 58 heavy (non-hydrogen) atoms. The minimum atomic E-state index is -0.201. The van der Waals surface area contributed by atoms with E-state index in [-0.39, 0.29) is 6.04 Å². The van der Waals surface area contributed by atoms with E-state index in [4.69, 9.17) is 18.2 Å². The van der Waals surface area contributed by atoms with Crippen molar-refractivity contribution < 1.29 is 0 Å². The molecule has 0 radical (unpaired) electrons. The second-order valence-corrected chi connectivity index (χ2v) is 16.2. The first-order chi connectivity index (χ1) is 28.2. The highest BCUT2D eigenvalue weighted by molar-refractivity contribution is 6.25. The number of fused-ring (bicyclic) bond motifs is 6. The highest BCUT2D eigenvalue weighted by atomic mass is 14.8. The van der Waals surface area contributed by atoms with Gasteiger partial charge in [0.2, 0.25) is 0 Å². The van der Waals surface area contributed by atoms with E-state index in [0.717, 1.165) is 47.2 Å². The summed E-state index contributed by atoms with van der Waals surface area (Å²) < 4.78 is 0. The molecule has 0 saturated heterocycles. The summed E-state index contributed by atoms with van der Waals surface area (Å²) in [7, 11) is 0. The lowest BCUT2D eigenvalue weighted by Gasteiger charge is -2.23. The van der Waals surface area contributed by atoms with Crippen molar-refractivity contribution >= 4 is 54.7 Å². The maximum absolute atomic E-state index is 5.57. The summed E-state index contributed by atoms with van der Waals surface area (Å²) in [5.41, 5.74) is 15.5. The van der Waals surface area contributed by atoms with Crippen LogP contribution in [0.1, 0.15) is 85.5 Å². The van der Waals surface area contributed by atoms with Crippen molar-refractivity contribution in [2.24, 2.45) is 10.9 Å². The van der Waals surface area contributed by atoms with E-state index in [9.17, 15) is 0 Å². The topological polar surface area (TPSA) is 12.4 Å². The maximum Gasteiger partial charge on any atom is 0.0967 e. The quantitative estimate of drug-likeness (QED) is 0.0750. The molecule has 8 rings (SSSR count). The van der Waals surface area contributed by atoms with Gasteiger partial charge in [0.15, 0.2) is 0 Å². The molecular formula is C57H53N. The zero-order valence-electron chi connectivity index (χ0n) is 34.6. The Morgan fingerprint density at radius 3 is 1.97 bits per heavy atom. The van der Waals surface area contributed by atoms with Crippen LogP contribution >= 0.6 is 0 Å². The molecular weight excluding hydrogens is 699 g/mol. The van der Waals surface area contributed by atoms with Crippen molar-refractivity contribution in [1.29, 1.82) is 0 Å². The van der Waals surface area contributed by atoms with E-state index in [1.165, 1.54) is 76.9 Å². The van der Waals surface area contributed by atoms with E-state index in [0.29, 0.717) is 5.92 Å². The van der Waals surface area contributed by atoms with Crippen LogP contribution in [0.15, 0.2) is 187 Å². The van der Waals surface area contributed by atoms with Gasteiger partial charge in [-0.25, -0.2) is 0 Å². The first kappa shape index (κ1) is 38.6. The molecule has 1 aliphatic rings. The third-order valence-corrected chi connectivity index (χ3v) is 11.8. The van der Waals surface area contributed by atoms with Gasteiger partial charge in [-0.05, 0) is 150 Å². The standard InChI is InChI=1S/C57H53N/c1-8-42(56-44(32-37(3)4)23-19-29-53(56)46(9-2)40(7)47-24-14-13-20-38(47)5)34-41-33-39(6)57(58-55(35-41)43-21-11-10-12-22-43)45-30-31-52-50-27-16-15-25-48(50)49-26-17-18-28-51(49)54(52)36-45/h9-31,34-37,57H,6-8,32-33H2,1-5H3/b42-34-,46-9+. The minimum absolute atomic E-state index is 0.201. The molecule has 0 N–H and O–H groups in total. The van der Waals surface area contributed by atoms with Gasteiger partial charge in [-0.15, -0.1) is 0 Å². The Bertz CT molecular complexity index is 2800. The van der Waals surface area contributed by atoms with Crippen LogP contribution in [0.3, 0.4) is 0 Å². The summed E-state index contributed by atoms with van der Waals surface area (Å²) in [6.07, 6.45) is 9.59. The molecule has 0 bridgehead atoms. The summed E-state index contributed by atoms with van der Waals surface area (Å²) in [6.45, 7) is 20.7. The zero-order valence-corrected chi connectivity index (χ0v) is 34.6. The van der Waals surface area contributed by atoms with Crippen molar-refractivity contribution in [3.05, 3.63) is 221 Å². The normalized spacial score (nSPS) is 15.2. The van der Waals surface area contributed by atoms with Crippen LogP contribution < -0.4 is 0 Å². The Kier molecular flexibility index (Phi) is 11.1. The summed E-state index contributed by atoms with van der Waals surface area (Å²) in [6, 6.07) is 50.4. The molecule has 7 aromatic rings. The molecule has 1 atom stereocenters. The number of rotatable bonds is 10. The molecule has 286 valence electrons. The molecule has 0 amide bonds. The van der Waals surface area contributed by atoms with Crippen LogP contribution in [0, 0.1) is 12.8 Å². The third-order valence-electron chi connectivity index (χ3n) is 11.8. The van der Waals surface area contributed by atoms with Gasteiger partial charge in [0.05, 0.1) is 11.8 Å². The lowest BCUT2D eigenvalue weighted by molar-refractivity contribution is 0.646. The summed E-state index contributed by atoms with van der Waals surface area (Å²) in [5.74, 6) is 0.507. The van der Waals surface area contributed by atoms with E-state index >= 15 is 0 Å². The van der Waals surface area contributed by atoms with Crippen molar-refractivity contribution in [2.75, 3.05) is 0 Å². The van der Waals surface area contributed by atoms with Crippen LogP contribution in [-0.4, -0.2) is 5.71 Å². The lowest BCUT2D eigenvalue weighted by Crippen LogP contribution is -2.05. The van der Waals surface area contributed by atoms with Crippen LogP contribution in [0.4, 0.5) is 0 Å². The number of hydrogen-bond donors (Lipinski definition) is 0. The van der Waals surface area contributed by atoms with Crippen LogP contribution in [-0.2, 0) is 6.42 Å². The second-order valence-electron chi connectivity index (χ2n) is 16.2. The van der Waals surface area contributed by atoms with Crippen molar-refractivity contribution in [2.45, 2.75) is 59.9 Å². The Morgan fingerprint density at radius 2 is 1.33 bits per heavy atom. The van der Waals surface area contributed by atoms with Gasteiger partial charge >= 0.3 is 0 Å². The average molecular weight is 752 g/mol. The van der Waals surface area contributed by atoms with Crippen LogP contribution in [0.5, 0.6) is 0 Å². The second kappa shape index (κ2) is 16.7. The fourth-order valence-electron chi connectivity index (χ4n) is 9.06. The number of hydrogen-bond acceptors (Lipinski definition) is 1. The predicted molar refractivity (Wildman–Crippen MR) is 254 cm³/mol. The molecule has 7 aromatic carbocycles. The molecule has 1 heterocycles. The molecule has 1 unspecified atom stereocenters. The smallest absolute Gasteiger partial charge is 0.0967 e. The Morgan fingerprint density at radius 1 is 0.724 bits per heavy atom. The van der Waals surface area contributed by atoms with Gasteiger partial charge in [-0.2, -0.15) is 0 Å². The first-order valence-corrected chi connectivity index (χ1v) is 20.8. The number of aliphatic imine (C=N–C) groups is 1. The molecule has 1 aliphatic heterocycles. The monoisotopic (exact) mass is 751 g/mol. The predicted octanol–water partition coefficient (Wildman–Crippen LogP) is 15.7. The Balaban J connectivity index is 1.26. The van der Waals surface area contributed by atoms with Gasteiger partial charge < -0.3 is 0 Å². The van der Waals surface area contributed by atoms with Crippen molar-refractivity contribution in [3.8, 4) is 0 Å². The summed E-state index contributed by atoms with van der Waals surface area (Å²) in [5, 5.41) is 7.62. The number of aryl methyl sites for hydroxylation is 1. The molecule has 0 aromatic heterocycles. The molecule has 1 nitrogen and oxygen atoms in total. The van der Waals surface area contributed by atoms with Gasteiger partial charge in [0, 0.05) is 0 Å². The average Bonchev–Trinajstić information content (AvgIpc) is 3.41. The van der Waals surface area contributed by atoms with Crippen LogP contribution in [0.25, 0.3) is 49.0 Å². The molecule has 0 fully saturated rings. The third kappa shape index (κ3) is 7.46. The van der Waals surface area contributed by atoms with E-state index < -0.39 is 0 Å². The maximum atomic E-state index is 5.57. The molecule has 0 aliphatic carbocycles. The zero-order chi connectivity index (χ0) is 40.3. The molecule has 0 saturated carbocycles. The summed E-state index contributed by atoms with van der Waals surface area (Å²) in [4.78, 5) is 5.57. The highest BCUT2D eigenvalue weighted by Crippen LogP contribution is 2.42. The fourth-order valence-corrected chi connectivity index (χ4v) is 9.06. The van der Waals surface area contributed by atoms with Gasteiger partial charge in [-0.1, -0.05) is 180 Å². The number of benzene rings is 7. The fraction of sp³-hybridized carbons (Fsp3) is 0.175. The Hall–Kier alpha value is -6.31. The van der Waals surface area contributed by atoms with Crippen molar-refractivity contribution in [1.82, 2.24) is 0 Å². The van der Waals surface area contributed by atoms with Gasteiger partial charge in [-0.3, -0.25) is 4.99 Å². The number of allylic oxidation sites excluding steroid dienone is 7. The Labute approximate surface area is 345 Å². The molecule has 1 heteroatoms. The SMILES string of the molecule is C=C(/C(=C\C)c1cccc(CC(C)C)c1/C(=C\C1=CC(c2ccccc2)=NC(c2ccc3c4ccccc4c4ccccc4c3c2)C(=C)C1)CC)c1ccccc1C. The van der Waals surface area contributed by atoms with Crippen LogP contribution in [0.2, 0.25) is 0 Å². The van der Waals surface area contributed by atoms with Gasteiger partial charge in [0.1, 0.15) is 0 Å². The minimum Gasteiger partial charge on any atom is -0.272 e. The lowest BCUT2D eigenvalue weighted by atomic mass is 9.82. The van der Waals surface area contributed by atoms with E-state index in [2.05, 4.69) is 192 Å². The largest absolute Gasteiger partial charge is 0.272 e. The van der Waals surface area contributed by atoms with Crippen molar-refractivity contribution in [3.63, 3.8) is 0 Å². The number of nitrogens with zero attached hydrogens (tertiary/aromatic N) is 1.